The number of rotatable bonds is 18. The first-order chi connectivity index (χ1) is 12.1. The van der Waals surface area contributed by atoms with Gasteiger partial charge in [0, 0.05) is 80.9 Å². The van der Waals surface area contributed by atoms with E-state index in [1.165, 1.54) is 0 Å². The van der Waals surface area contributed by atoms with Crippen molar-refractivity contribution in [3.63, 3.8) is 0 Å². The summed E-state index contributed by atoms with van der Waals surface area (Å²) < 4.78 is 32.2. The van der Waals surface area contributed by atoms with Crippen LogP contribution in [0.25, 0.3) is 0 Å². The van der Waals surface area contributed by atoms with Gasteiger partial charge in [-0.2, -0.15) is 0 Å². The quantitative estimate of drug-likeness (QED) is 0.209. The molecule has 9 nitrogen and oxygen atoms in total. The molecule has 25 heavy (non-hydrogen) atoms. The van der Waals surface area contributed by atoms with E-state index in [1.54, 1.807) is 42.7 Å². The lowest BCUT2D eigenvalue weighted by atomic mass is 10.5. The van der Waals surface area contributed by atoms with E-state index in [0.717, 1.165) is 51.4 Å². The molecular weight excluding hydrogens is 362 g/mol. The van der Waals surface area contributed by atoms with Gasteiger partial charge in [0.05, 0.1) is 0 Å². The minimum atomic E-state index is -2.45. The highest BCUT2D eigenvalue weighted by molar-refractivity contribution is 6.61. The molecule has 0 fully saturated rings. The molecule has 0 radical (unpaired) electrons. The molecule has 0 aromatic heterocycles. The summed E-state index contributed by atoms with van der Waals surface area (Å²) in [4.78, 5) is 0. The second-order valence-corrected chi connectivity index (χ2v) is 11.5. The maximum Gasteiger partial charge on any atom is 0.501 e. The highest BCUT2D eigenvalue weighted by Crippen LogP contribution is 2.11. The van der Waals surface area contributed by atoms with Crippen molar-refractivity contribution in [3.05, 3.63) is 0 Å². The Morgan fingerprint density at radius 1 is 0.440 bits per heavy atom. The fourth-order valence-electron chi connectivity index (χ4n) is 2.32. The largest absolute Gasteiger partial charge is 0.501 e. The lowest BCUT2D eigenvalue weighted by Crippen LogP contribution is -2.46. The molecule has 0 saturated carbocycles. The van der Waals surface area contributed by atoms with E-state index in [9.17, 15) is 0 Å². The van der Waals surface area contributed by atoms with Gasteiger partial charge < -0.3 is 42.5 Å². The van der Waals surface area contributed by atoms with Crippen LogP contribution >= 0.6 is 0 Å². The van der Waals surface area contributed by atoms with Crippen LogP contribution in [0.1, 0.15) is 0 Å². The molecule has 0 rings (SSSR count). The molecule has 0 aromatic rings. The van der Waals surface area contributed by atoms with Gasteiger partial charge in [-0.05, 0) is 13.1 Å². The number of hydrogen-bond acceptors (Lipinski definition) is 9. The van der Waals surface area contributed by atoms with E-state index in [0.29, 0.717) is 0 Å². The average molecular weight is 400 g/mol. The summed E-state index contributed by atoms with van der Waals surface area (Å²) in [6, 6.07) is 1.50. The summed E-state index contributed by atoms with van der Waals surface area (Å²) >= 11 is 0. The first-order valence-electron chi connectivity index (χ1n) is 8.50. The maximum atomic E-state index is 5.37. The standard InChI is InChI=1S/C14H37N3O6Si2/c1-18-24(19-2,20-3)13-11-16-9-7-15-8-10-17-12-14-25(21-4,22-5)23-6/h15-17H,7-14H2,1-6H3. The normalized spacial score (nSPS) is 12.7. The SMILES string of the molecule is CO[Si](CCNCCNCCNCC[Si](OC)(OC)OC)(OC)OC. The third kappa shape index (κ3) is 10.1. The Morgan fingerprint density at radius 3 is 0.920 bits per heavy atom. The van der Waals surface area contributed by atoms with E-state index in [2.05, 4.69) is 16.0 Å². The Bertz CT molecular complexity index is 266. The van der Waals surface area contributed by atoms with Crippen LogP contribution in [0, 0.1) is 0 Å². The highest BCUT2D eigenvalue weighted by atomic mass is 28.4. The Morgan fingerprint density at radius 2 is 0.680 bits per heavy atom. The van der Waals surface area contributed by atoms with Crippen molar-refractivity contribution in [2.75, 3.05) is 81.9 Å². The molecule has 0 aromatic carbocycles. The van der Waals surface area contributed by atoms with Crippen molar-refractivity contribution in [1.82, 2.24) is 16.0 Å². The Balaban J connectivity index is 3.54. The van der Waals surface area contributed by atoms with Crippen molar-refractivity contribution in [2.45, 2.75) is 12.1 Å². The third-order valence-corrected chi connectivity index (χ3v) is 9.50. The monoisotopic (exact) mass is 399 g/mol. The van der Waals surface area contributed by atoms with Gasteiger partial charge in [-0.1, -0.05) is 0 Å². The van der Waals surface area contributed by atoms with E-state index in [1.807, 2.05) is 0 Å². The maximum absolute atomic E-state index is 5.37. The lowest BCUT2D eigenvalue weighted by molar-refractivity contribution is 0.123. The van der Waals surface area contributed by atoms with Crippen molar-refractivity contribution in [2.24, 2.45) is 0 Å². The summed E-state index contributed by atoms with van der Waals surface area (Å²) in [6.07, 6.45) is 0. The molecular formula is C14H37N3O6Si2. The second kappa shape index (κ2) is 15.2. The summed E-state index contributed by atoms with van der Waals surface area (Å²) in [5.74, 6) is 0. The zero-order chi connectivity index (χ0) is 19.0. The van der Waals surface area contributed by atoms with Gasteiger partial charge in [0.15, 0.2) is 0 Å². The number of hydrogen-bond donors (Lipinski definition) is 3. The number of nitrogens with one attached hydrogen (secondary N) is 3. The van der Waals surface area contributed by atoms with Crippen LogP contribution in [0.4, 0.5) is 0 Å². The molecule has 0 atom stereocenters. The smallest absolute Gasteiger partial charge is 0.377 e. The van der Waals surface area contributed by atoms with Crippen LogP contribution in [0.5, 0.6) is 0 Å². The molecule has 0 aliphatic carbocycles. The van der Waals surface area contributed by atoms with E-state index in [4.69, 9.17) is 26.6 Å². The van der Waals surface area contributed by atoms with Crippen LogP contribution in [0.15, 0.2) is 0 Å². The fraction of sp³-hybridized carbons (Fsp3) is 1.00. The van der Waals surface area contributed by atoms with Gasteiger partial charge in [-0.15, -0.1) is 0 Å². The molecule has 11 heteroatoms. The highest BCUT2D eigenvalue weighted by Gasteiger charge is 2.37. The molecule has 0 spiro atoms. The summed E-state index contributed by atoms with van der Waals surface area (Å²) in [7, 11) is 4.88. The van der Waals surface area contributed by atoms with Crippen molar-refractivity contribution < 1.29 is 26.6 Å². The molecule has 0 aliphatic heterocycles. The predicted octanol–water partition coefficient (Wildman–Crippen LogP) is -0.489. The van der Waals surface area contributed by atoms with Gasteiger partial charge in [0.1, 0.15) is 0 Å². The Kier molecular flexibility index (Phi) is 15.2. The Labute approximate surface area is 154 Å². The molecule has 0 bridgehead atoms. The van der Waals surface area contributed by atoms with Crippen LogP contribution in [-0.2, 0) is 26.6 Å². The molecule has 0 saturated heterocycles. The van der Waals surface area contributed by atoms with Crippen LogP contribution < -0.4 is 16.0 Å². The van der Waals surface area contributed by atoms with E-state index < -0.39 is 17.6 Å². The topological polar surface area (TPSA) is 91.5 Å². The van der Waals surface area contributed by atoms with Crippen molar-refractivity contribution >= 4 is 17.6 Å². The van der Waals surface area contributed by atoms with Gasteiger partial charge in [-0.25, -0.2) is 0 Å². The van der Waals surface area contributed by atoms with Gasteiger partial charge in [-0.3, -0.25) is 0 Å². The molecule has 152 valence electrons. The fourth-order valence-corrected chi connectivity index (χ4v) is 5.51. The van der Waals surface area contributed by atoms with Crippen molar-refractivity contribution in [3.8, 4) is 0 Å². The second-order valence-electron chi connectivity index (χ2n) is 5.34. The zero-order valence-corrected chi connectivity index (χ0v) is 18.6. The van der Waals surface area contributed by atoms with Gasteiger partial charge >= 0.3 is 17.6 Å². The molecule has 0 amide bonds. The van der Waals surface area contributed by atoms with Gasteiger partial charge in [0.25, 0.3) is 0 Å². The van der Waals surface area contributed by atoms with Crippen LogP contribution in [0.2, 0.25) is 12.1 Å². The van der Waals surface area contributed by atoms with Crippen LogP contribution in [-0.4, -0.2) is 99.5 Å². The third-order valence-electron chi connectivity index (χ3n) is 4.04. The lowest BCUT2D eigenvalue weighted by Gasteiger charge is -2.24. The average Bonchev–Trinajstić information content (AvgIpc) is 2.67. The minimum absolute atomic E-state index is 0.752. The summed E-state index contributed by atoms with van der Waals surface area (Å²) in [5, 5.41) is 10.1. The minimum Gasteiger partial charge on any atom is -0.377 e. The molecule has 0 unspecified atom stereocenters. The van der Waals surface area contributed by atoms with Gasteiger partial charge in [0.2, 0.25) is 0 Å². The molecule has 3 N–H and O–H groups in total. The van der Waals surface area contributed by atoms with Crippen molar-refractivity contribution in [1.29, 1.82) is 0 Å². The first-order valence-corrected chi connectivity index (χ1v) is 12.4. The van der Waals surface area contributed by atoms with Crippen LogP contribution in [0.3, 0.4) is 0 Å². The van der Waals surface area contributed by atoms with E-state index in [-0.39, 0.29) is 0 Å². The predicted molar refractivity (Wildman–Crippen MR) is 102 cm³/mol. The summed E-state index contributed by atoms with van der Waals surface area (Å²) in [6.45, 7) is 5.17. The Hall–Kier alpha value is 0.0738. The zero-order valence-electron chi connectivity index (χ0n) is 16.6. The summed E-state index contributed by atoms with van der Waals surface area (Å²) in [5.41, 5.74) is 0. The van der Waals surface area contributed by atoms with E-state index >= 15 is 0 Å². The first kappa shape index (κ1) is 25.1. The molecule has 0 heterocycles. The molecule has 0 aliphatic rings.